The molecule has 0 aliphatic carbocycles. The highest BCUT2D eigenvalue weighted by Crippen LogP contribution is 2.39. The van der Waals surface area contributed by atoms with Gasteiger partial charge in [-0.15, -0.1) is 0 Å². The number of rotatable bonds is 1. The lowest BCUT2D eigenvalue weighted by Gasteiger charge is -2.35. The maximum Gasteiger partial charge on any atom is 0.256 e. The van der Waals surface area contributed by atoms with Crippen LogP contribution in [0.1, 0.15) is 28.8 Å². The predicted octanol–water partition coefficient (Wildman–Crippen LogP) is 3.14. The van der Waals surface area contributed by atoms with Crippen LogP contribution >= 0.6 is 0 Å². The van der Waals surface area contributed by atoms with E-state index in [1.54, 1.807) is 12.1 Å². The Balaban J connectivity index is 1.44. The van der Waals surface area contributed by atoms with Gasteiger partial charge in [0.2, 0.25) is 5.56 Å². The average Bonchev–Trinajstić information content (AvgIpc) is 3.10. The summed E-state index contributed by atoms with van der Waals surface area (Å²) in [4.78, 5) is 29.6. The van der Waals surface area contributed by atoms with Crippen molar-refractivity contribution in [1.29, 1.82) is 0 Å². The molecular weight excluding hydrogens is 340 g/mol. The van der Waals surface area contributed by atoms with Gasteiger partial charge in [0.25, 0.3) is 5.91 Å². The van der Waals surface area contributed by atoms with Crippen LogP contribution in [0.25, 0.3) is 10.9 Å². The van der Waals surface area contributed by atoms with Gasteiger partial charge >= 0.3 is 0 Å². The maximum atomic E-state index is 13.2. The van der Waals surface area contributed by atoms with Crippen LogP contribution in [0.3, 0.4) is 0 Å². The fourth-order valence-electron chi connectivity index (χ4n) is 4.29. The quantitative estimate of drug-likeness (QED) is 0.725. The molecule has 5 nitrogen and oxygen atoms in total. The summed E-state index contributed by atoms with van der Waals surface area (Å²) in [5.41, 5.74) is 1.87. The summed E-state index contributed by atoms with van der Waals surface area (Å²) in [5.74, 6) is 0.884. The first-order valence-corrected chi connectivity index (χ1v) is 9.32. The Kier molecular flexibility index (Phi) is 3.57. The Morgan fingerprint density at radius 2 is 1.93 bits per heavy atom. The van der Waals surface area contributed by atoms with Gasteiger partial charge in [0.1, 0.15) is 11.4 Å². The zero-order chi connectivity index (χ0) is 18.4. The van der Waals surface area contributed by atoms with E-state index in [-0.39, 0.29) is 17.1 Å². The van der Waals surface area contributed by atoms with Gasteiger partial charge in [-0.1, -0.05) is 30.3 Å². The van der Waals surface area contributed by atoms with Crippen molar-refractivity contribution in [3.8, 4) is 5.75 Å². The first-order chi connectivity index (χ1) is 13.1. The summed E-state index contributed by atoms with van der Waals surface area (Å²) in [6.07, 6.45) is 2.72. The summed E-state index contributed by atoms with van der Waals surface area (Å²) < 4.78 is 6.35. The molecule has 27 heavy (non-hydrogen) atoms. The molecule has 5 heteroatoms. The molecule has 136 valence electrons. The molecule has 1 atom stereocenters. The third-order valence-corrected chi connectivity index (χ3v) is 5.74. The van der Waals surface area contributed by atoms with E-state index >= 15 is 0 Å². The molecule has 1 aromatic heterocycles. The van der Waals surface area contributed by atoms with E-state index in [1.807, 2.05) is 35.2 Å². The highest BCUT2D eigenvalue weighted by atomic mass is 16.5. The highest BCUT2D eigenvalue weighted by Gasteiger charge is 2.44. The Bertz CT molecular complexity index is 1100. The number of aromatic nitrogens is 1. The molecule has 0 radical (unpaired) electrons. The molecule has 1 spiro atoms. The second-order valence-electron chi connectivity index (χ2n) is 7.46. The van der Waals surface area contributed by atoms with Gasteiger partial charge in [-0.25, -0.2) is 0 Å². The zero-order valence-electron chi connectivity index (χ0n) is 14.9. The van der Waals surface area contributed by atoms with Crippen LogP contribution in [0, 0.1) is 0 Å². The molecule has 3 heterocycles. The number of aromatic amines is 1. The predicted molar refractivity (Wildman–Crippen MR) is 103 cm³/mol. The minimum atomic E-state index is -0.304. The summed E-state index contributed by atoms with van der Waals surface area (Å²) in [6, 6.07) is 16.9. The molecule has 1 unspecified atom stereocenters. The fourth-order valence-corrected chi connectivity index (χ4v) is 4.29. The molecule has 3 aromatic rings. The number of nitrogens with zero attached hydrogens (tertiary/aromatic N) is 1. The lowest BCUT2D eigenvalue weighted by atomic mass is 9.90. The van der Waals surface area contributed by atoms with Crippen LogP contribution in [0.15, 0.2) is 59.4 Å². The van der Waals surface area contributed by atoms with E-state index in [0.717, 1.165) is 30.4 Å². The number of likely N-dealkylation sites (tertiary alicyclic amines) is 1. The Labute approximate surface area is 156 Å². The molecule has 0 bridgehead atoms. The molecule has 2 aliphatic heterocycles. The average molecular weight is 360 g/mol. The molecule has 0 saturated carbocycles. The molecule has 5 rings (SSSR count). The minimum Gasteiger partial charge on any atom is -0.485 e. The smallest absolute Gasteiger partial charge is 0.256 e. The number of carbonyl (C=O) groups excluding carboxylic acids is 1. The third-order valence-electron chi connectivity index (χ3n) is 5.74. The standard InChI is InChI=1S/C22H20N2O3/c25-19-9-8-16-5-3-6-17(20(16)23-19)21(26)24-13-12-22(14-24)11-10-15-4-1-2-7-18(15)27-22/h1-9H,10-14H2,(H,23,25). The van der Waals surface area contributed by atoms with Crippen molar-refractivity contribution in [3.05, 3.63) is 76.1 Å². The Morgan fingerprint density at radius 3 is 2.85 bits per heavy atom. The van der Waals surface area contributed by atoms with Crippen molar-refractivity contribution >= 4 is 16.8 Å². The van der Waals surface area contributed by atoms with E-state index in [0.29, 0.717) is 24.2 Å². The van der Waals surface area contributed by atoms with Crippen molar-refractivity contribution < 1.29 is 9.53 Å². The lowest BCUT2D eigenvalue weighted by molar-refractivity contribution is 0.0485. The van der Waals surface area contributed by atoms with Crippen LogP contribution in [0.4, 0.5) is 0 Å². The monoisotopic (exact) mass is 360 g/mol. The zero-order valence-corrected chi connectivity index (χ0v) is 14.9. The van der Waals surface area contributed by atoms with Crippen molar-refractivity contribution in [1.82, 2.24) is 9.88 Å². The number of para-hydroxylation sites is 2. The molecule has 2 aromatic carbocycles. The Hall–Kier alpha value is -3.08. The number of aryl methyl sites for hydroxylation is 1. The van der Waals surface area contributed by atoms with Gasteiger partial charge in [-0.2, -0.15) is 0 Å². The second-order valence-corrected chi connectivity index (χ2v) is 7.46. The van der Waals surface area contributed by atoms with Gasteiger partial charge in [-0.3, -0.25) is 9.59 Å². The maximum absolute atomic E-state index is 13.2. The first-order valence-electron chi connectivity index (χ1n) is 9.32. The second kappa shape index (κ2) is 5.98. The molecule has 2 aliphatic rings. The van der Waals surface area contributed by atoms with Crippen molar-refractivity contribution in [3.63, 3.8) is 0 Å². The van der Waals surface area contributed by atoms with Gasteiger partial charge in [-0.05, 0) is 42.0 Å². The summed E-state index contributed by atoms with van der Waals surface area (Å²) in [6.45, 7) is 1.24. The number of hydrogen-bond acceptors (Lipinski definition) is 3. The number of ether oxygens (including phenoxy) is 1. The van der Waals surface area contributed by atoms with Crippen molar-refractivity contribution in [2.75, 3.05) is 13.1 Å². The number of fused-ring (bicyclic) bond motifs is 2. The van der Waals surface area contributed by atoms with Crippen LogP contribution in [0.5, 0.6) is 5.75 Å². The van der Waals surface area contributed by atoms with Gasteiger partial charge < -0.3 is 14.6 Å². The van der Waals surface area contributed by atoms with Crippen LogP contribution in [0.2, 0.25) is 0 Å². The molecule has 1 N–H and O–H groups in total. The lowest BCUT2D eigenvalue weighted by Crippen LogP contribution is -2.43. The van der Waals surface area contributed by atoms with Gasteiger partial charge in [0.05, 0.1) is 17.6 Å². The van der Waals surface area contributed by atoms with Crippen molar-refractivity contribution in [2.45, 2.75) is 24.9 Å². The number of H-pyrrole nitrogens is 1. The number of nitrogens with one attached hydrogen (secondary N) is 1. The van der Waals surface area contributed by atoms with Crippen LogP contribution < -0.4 is 10.3 Å². The topological polar surface area (TPSA) is 62.4 Å². The minimum absolute atomic E-state index is 0.0539. The number of carbonyl (C=O) groups is 1. The largest absolute Gasteiger partial charge is 0.485 e. The summed E-state index contributed by atoms with van der Waals surface area (Å²) in [7, 11) is 0. The van der Waals surface area contributed by atoms with E-state index in [4.69, 9.17) is 4.74 Å². The molecule has 1 amide bonds. The van der Waals surface area contributed by atoms with E-state index in [9.17, 15) is 9.59 Å². The third kappa shape index (κ3) is 2.70. The van der Waals surface area contributed by atoms with Crippen molar-refractivity contribution in [2.24, 2.45) is 0 Å². The SMILES string of the molecule is O=C(c1cccc2ccc(=O)[nH]c12)N1CCC2(CCc3ccccc3O2)C1. The van der Waals surface area contributed by atoms with E-state index < -0.39 is 0 Å². The number of pyridine rings is 1. The van der Waals surface area contributed by atoms with Gasteiger partial charge in [0, 0.05) is 19.0 Å². The Morgan fingerprint density at radius 1 is 1.04 bits per heavy atom. The van der Waals surface area contributed by atoms with E-state index in [1.165, 1.54) is 11.6 Å². The number of amides is 1. The highest BCUT2D eigenvalue weighted by molar-refractivity contribution is 6.05. The van der Waals surface area contributed by atoms with E-state index in [2.05, 4.69) is 11.1 Å². The number of hydrogen-bond donors (Lipinski definition) is 1. The first kappa shape index (κ1) is 16.1. The van der Waals surface area contributed by atoms with Crippen LogP contribution in [-0.4, -0.2) is 34.5 Å². The molecule has 1 fully saturated rings. The number of benzene rings is 2. The molecule has 1 saturated heterocycles. The van der Waals surface area contributed by atoms with Gasteiger partial charge in [0.15, 0.2) is 0 Å². The molecular formula is C22H20N2O3. The fraction of sp³-hybridized carbons (Fsp3) is 0.273. The summed E-state index contributed by atoms with van der Waals surface area (Å²) >= 11 is 0. The normalized spacial score (nSPS) is 21.3. The summed E-state index contributed by atoms with van der Waals surface area (Å²) in [5, 5.41) is 0.859. The van der Waals surface area contributed by atoms with Crippen LogP contribution in [-0.2, 0) is 6.42 Å².